The summed E-state index contributed by atoms with van der Waals surface area (Å²) < 4.78 is 5.80. The van der Waals surface area contributed by atoms with Crippen molar-refractivity contribution in [3.63, 3.8) is 0 Å². The van der Waals surface area contributed by atoms with Crippen molar-refractivity contribution in [3.8, 4) is 0 Å². The monoisotopic (exact) mass is 342 g/mol. The summed E-state index contributed by atoms with van der Waals surface area (Å²) in [6, 6.07) is 9.15. The highest BCUT2D eigenvalue weighted by molar-refractivity contribution is 5.81. The molecule has 2 amide bonds. The summed E-state index contributed by atoms with van der Waals surface area (Å²) in [7, 11) is 0. The maximum Gasteiger partial charge on any atom is 0.318 e. The molecule has 6 nitrogen and oxygen atoms in total. The highest BCUT2D eigenvalue weighted by Crippen LogP contribution is 2.48. The van der Waals surface area contributed by atoms with Crippen molar-refractivity contribution in [2.45, 2.75) is 32.2 Å². The fourth-order valence-corrected chi connectivity index (χ4v) is 4.36. The minimum absolute atomic E-state index is 0.0669. The number of hydrogen-bond acceptors (Lipinski definition) is 3. The van der Waals surface area contributed by atoms with E-state index < -0.39 is 11.4 Å². The van der Waals surface area contributed by atoms with Crippen LogP contribution in [0.25, 0.3) is 11.0 Å². The fraction of sp³-hybridized carbons (Fsp3) is 0.474. The van der Waals surface area contributed by atoms with E-state index in [9.17, 15) is 14.7 Å². The summed E-state index contributed by atoms with van der Waals surface area (Å²) in [6.45, 7) is 2.69. The van der Waals surface area contributed by atoms with Crippen LogP contribution < -0.4 is 5.32 Å². The van der Waals surface area contributed by atoms with Gasteiger partial charge in [0.1, 0.15) is 11.3 Å². The Morgan fingerprint density at radius 1 is 1.40 bits per heavy atom. The zero-order valence-electron chi connectivity index (χ0n) is 14.2. The summed E-state index contributed by atoms with van der Waals surface area (Å²) >= 11 is 0. The number of carbonyl (C=O) groups is 2. The molecule has 0 spiro atoms. The smallest absolute Gasteiger partial charge is 0.318 e. The average molecular weight is 342 g/mol. The van der Waals surface area contributed by atoms with Gasteiger partial charge in [-0.3, -0.25) is 4.79 Å². The van der Waals surface area contributed by atoms with E-state index in [4.69, 9.17) is 4.42 Å². The SMILES string of the molecule is C[C@H](NC(=O)N1C[C@@H]2CCC[C@@]2(C(=O)O)C1)c1cc2ccccc2o1. The lowest BCUT2D eigenvalue weighted by molar-refractivity contribution is -0.149. The molecule has 2 aliphatic rings. The molecule has 3 atom stereocenters. The number of nitrogens with zero attached hydrogens (tertiary/aromatic N) is 1. The van der Waals surface area contributed by atoms with Gasteiger partial charge in [-0.15, -0.1) is 0 Å². The number of amides is 2. The van der Waals surface area contributed by atoms with Gasteiger partial charge in [-0.1, -0.05) is 24.6 Å². The van der Waals surface area contributed by atoms with Gasteiger partial charge in [0.05, 0.1) is 11.5 Å². The van der Waals surface area contributed by atoms with Crippen LogP contribution in [0.1, 0.15) is 38.0 Å². The molecular weight excluding hydrogens is 320 g/mol. The molecule has 1 saturated heterocycles. The molecular formula is C19H22N2O4. The van der Waals surface area contributed by atoms with Crippen LogP contribution in [0.15, 0.2) is 34.7 Å². The highest BCUT2D eigenvalue weighted by atomic mass is 16.4. The van der Waals surface area contributed by atoms with E-state index in [0.717, 1.165) is 23.8 Å². The molecule has 2 fully saturated rings. The van der Waals surface area contributed by atoms with E-state index in [1.807, 2.05) is 37.3 Å². The van der Waals surface area contributed by atoms with Crippen molar-refractivity contribution in [2.75, 3.05) is 13.1 Å². The number of furan rings is 1. The van der Waals surface area contributed by atoms with Crippen LogP contribution in [0.4, 0.5) is 4.79 Å². The fourth-order valence-electron chi connectivity index (χ4n) is 4.36. The summed E-state index contributed by atoms with van der Waals surface area (Å²) in [5, 5.41) is 13.6. The summed E-state index contributed by atoms with van der Waals surface area (Å²) in [6.07, 6.45) is 2.48. The first-order chi connectivity index (χ1) is 12.0. The normalized spacial score (nSPS) is 26.6. The van der Waals surface area contributed by atoms with Gasteiger partial charge in [-0.05, 0) is 37.8 Å². The van der Waals surface area contributed by atoms with E-state index >= 15 is 0 Å². The molecule has 1 aromatic carbocycles. The van der Waals surface area contributed by atoms with E-state index in [1.165, 1.54) is 0 Å². The second kappa shape index (κ2) is 5.79. The van der Waals surface area contributed by atoms with E-state index in [-0.39, 0.29) is 18.0 Å². The zero-order valence-corrected chi connectivity index (χ0v) is 14.2. The molecule has 1 aliphatic heterocycles. The minimum Gasteiger partial charge on any atom is -0.481 e. The number of hydrogen-bond donors (Lipinski definition) is 2. The van der Waals surface area contributed by atoms with Crippen molar-refractivity contribution in [1.82, 2.24) is 10.2 Å². The van der Waals surface area contributed by atoms with Crippen molar-refractivity contribution in [2.24, 2.45) is 11.3 Å². The van der Waals surface area contributed by atoms with Crippen molar-refractivity contribution < 1.29 is 19.1 Å². The Labute approximate surface area is 145 Å². The predicted octanol–water partition coefficient (Wildman–Crippen LogP) is 3.39. The Morgan fingerprint density at radius 2 is 2.20 bits per heavy atom. The first-order valence-corrected chi connectivity index (χ1v) is 8.77. The van der Waals surface area contributed by atoms with Crippen LogP contribution in [0.3, 0.4) is 0 Å². The number of carboxylic acid groups (broad SMARTS) is 1. The third-order valence-corrected chi connectivity index (χ3v) is 5.80. The summed E-state index contributed by atoms with van der Waals surface area (Å²) in [5.41, 5.74) is 0.0408. The largest absolute Gasteiger partial charge is 0.481 e. The van der Waals surface area contributed by atoms with E-state index in [1.54, 1.807) is 4.90 Å². The quantitative estimate of drug-likeness (QED) is 0.896. The maximum atomic E-state index is 12.6. The molecule has 6 heteroatoms. The molecule has 132 valence electrons. The number of para-hydroxylation sites is 1. The molecule has 4 rings (SSSR count). The van der Waals surface area contributed by atoms with Crippen molar-refractivity contribution in [3.05, 3.63) is 36.1 Å². The molecule has 2 aromatic rings. The Hall–Kier alpha value is -2.50. The van der Waals surface area contributed by atoms with Crippen LogP contribution in [0.2, 0.25) is 0 Å². The van der Waals surface area contributed by atoms with Gasteiger partial charge in [0.25, 0.3) is 0 Å². The molecule has 0 bridgehead atoms. The van der Waals surface area contributed by atoms with Crippen molar-refractivity contribution >= 4 is 23.0 Å². The van der Waals surface area contributed by atoms with E-state index in [0.29, 0.717) is 25.3 Å². The van der Waals surface area contributed by atoms with Gasteiger partial charge >= 0.3 is 12.0 Å². The van der Waals surface area contributed by atoms with Crippen LogP contribution in [0.5, 0.6) is 0 Å². The highest BCUT2D eigenvalue weighted by Gasteiger charge is 2.55. The number of benzene rings is 1. The van der Waals surface area contributed by atoms with Crippen LogP contribution in [0, 0.1) is 11.3 Å². The van der Waals surface area contributed by atoms with Gasteiger partial charge in [-0.25, -0.2) is 4.79 Å². The number of likely N-dealkylation sites (tertiary alicyclic amines) is 1. The predicted molar refractivity (Wildman–Crippen MR) is 92.1 cm³/mol. The van der Waals surface area contributed by atoms with Gasteiger partial charge in [0, 0.05) is 18.5 Å². The van der Waals surface area contributed by atoms with Crippen LogP contribution in [-0.4, -0.2) is 35.1 Å². The van der Waals surface area contributed by atoms with Gasteiger partial charge in [0.2, 0.25) is 0 Å². The van der Waals surface area contributed by atoms with E-state index in [2.05, 4.69) is 5.32 Å². The second-order valence-electron chi connectivity index (χ2n) is 7.29. The standard InChI is InChI=1S/C19H22N2O4/c1-12(16-9-13-5-2-3-7-15(13)25-16)20-18(24)21-10-14-6-4-8-19(14,11-21)17(22)23/h2-3,5,7,9,12,14H,4,6,8,10-11H2,1H3,(H,20,24)(H,22,23)/t12-,14-,19+/m0/s1. The number of carboxylic acids is 1. The van der Waals surface area contributed by atoms with Crippen LogP contribution >= 0.6 is 0 Å². The number of nitrogens with one attached hydrogen (secondary N) is 1. The zero-order chi connectivity index (χ0) is 17.6. The molecule has 0 unspecified atom stereocenters. The number of rotatable bonds is 3. The number of aliphatic carboxylic acids is 1. The first kappa shape index (κ1) is 16.0. The molecule has 1 saturated carbocycles. The lowest BCUT2D eigenvalue weighted by Gasteiger charge is -2.24. The van der Waals surface area contributed by atoms with Crippen LogP contribution in [-0.2, 0) is 4.79 Å². The Morgan fingerprint density at radius 3 is 2.92 bits per heavy atom. The third-order valence-electron chi connectivity index (χ3n) is 5.80. The maximum absolute atomic E-state index is 12.6. The molecule has 0 radical (unpaired) electrons. The number of urea groups is 1. The Bertz CT molecular complexity index is 797. The molecule has 1 aliphatic carbocycles. The summed E-state index contributed by atoms with van der Waals surface area (Å²) in [5.74, 6) is -0.00483. The molecule has 25 heavy (non-hydrogen) atoms. The topological polar surface area (TPSA) is 82.8 Å². The number of carbonyl (C=O) groups excluding carboxylic acids is 1. The van der Waals surface area contributed by atoms with Gasteiger partial charge < -0.3 is 19.7 Å². The molecule has 2 N–H and O–H groups in total. The lowest BCUT2D eigenvalue weighted by atomic mass is 9.81. The third kappa shape index (κ3) is 2.56. The first-order valence-electron chi connectivity index (χ1n) is 8.77. The van der Waals surface area contributed by atoms with Gasteiger partial charge in [-0.2, -0.15) is 0 Å². The average Bonchev–Trinajstić information content (AvgIpc) is 3.26. The second-order valence-corrected chi connectivity index (χ2v) is 7.29. The lowest BCUT2D eigenvalue weighted by Crippen LogP contribution is -2.42. The number of fused-ring (bicyclic) bond motifs is 2. The molecule has 1 aromatic heterocycles. The summed E-state index contributed by atoms with van der Waals surface area (Å²) in [4.78, 5) is 26.0. The van der Waals surface area contributed by atoms with Gasteiger partial charge in [0.15, 0.2) is 0 Å². The van der Waals surface area contributed by atoms with Crippen molar-refractivity contribution in [1.29, 1.82) is 0 Å². The Kier molecular flexibility index (Phi) is 3.71. The molecule has 2 heterocycles. The Balaban J connectivity index is 1.46. The minimum atomic E-state index is -0.768.